The first-order chi connectivity index (χ1) is 20.0. The summed E-state index contributed by atoms with van der Waals surface area (Å²) in [6.45, 7) is 2.12. The maximum Gasteiger partial charge on any atom is 0.281 e. The topological polar surface area (TPSA) is 159 Å². The first-order valence-corrected chi connectivity index (χ1v) is 12.4. The number of amides is 1. The van der Waals surface area contributed by atoms with Crippen LogP contribution in [0.5, 0.6) is 23.0 Å². The summed E-state index contributed by atoms with van der Waals surface area (Å²) >= 11 is 0. The van der Waals surface area contributed by atoms with E-state index in [4.69, 9.17) is 24.2 Å². The number of pyridine rings is 1. The number of methoxy groups -OCH3 is 2. The second-order valence-corrected chi connectivity index (χ2v) is 8.46. The van der Waals surface area contributed by atoms with E-state index < -0.39 is 5.91 Å². The van der Waals surface area contributed by atoms with E-state index in [1.54, 1.807) is 51.8 Å². The molecule has 1 aliphatic rings. The number of carbonyl (C=O) groups excluding carboxylic acids is 1. The molecule has 5 rings (SSSR count). The smallest absolute Gasteiger partial charge is 0.281 e. The lowest BCUT2D eigenvalue weighted by Crippen LogP contribution is -2.15. The molecule has 0 aliphatic carbocycles. The maximum absolute atomic E-state index is 13.1. The van der Waals surface area contributed by atoms with E-state index in [0.29, 0.717) is 47.5 Å². The molecule has 0 saturated carbocycles. The van der Waals surface area contributed by atoms with Crippen LogP contribution in [0.3, 0.4) is 0 Å². The molecule has 1 aliphatic heterocycles. The molecule has 3 aromatic heterocycles. The molecule has 4 aromatic rings. The summed E-state index contributed by atoms with van der Waals surface area (Å²) in [4.78, 5) is 29.7. The Morgan fingerprint density at radius 3 is 2.54 bits per heavy atom. The van der Waals surface area contributed by atoms with Crippen LogP contribution < -0.4 is 24.3 Å². The lowest BCUT2D eigenvalue weighted by molar-refractivity contribution is 0.101. The summed E-state index contributed by atoms with van der Waals surface area (Å²) < 4.78 is 23.8. The number of fused-ring (bicyclic) bond motifs is 1. The highest BCUT2D eigenvalue weighted by Crippen LogP contribution is 2.37. The molecule has 4 heterocycles. The van der Waals surface area contributed by atoms with E-state index >= 15 is 0 Å². The monoisotopic (exact) mass is 552 g/mol. The molecule has 0 bridgehead atoms. The number of benzene rings is 1. The molecule has 1 amide bonds. The number of hydrogen-bond donors (Lipinski definition) is 1. The largest absolute Gasteiger partial charge is 0.493 e. The number of nitrogens with one attached hydrogen (secondary N) is 1. The maximum atomic E-state index is 13.1. The molecule has 0 atom stereocenters. The predicted octanol–water partition coefficient (Wildman–Crippen LogP) is 3.82. The summed E-state index contributed by atoms with van der Waals surface area (Å²) in [6.07, 6.45) is 9.81. The Morgan fingerprint density at radius 2 is 1.85 bits per heavy atom. The Hall–Kier alpha value is -5.77. The molecule has 41 heavy (non-hydrogen) atoms. The lowest BCUT2D eigenvalue weighted by atomic mass is 10.1. The first kappa shape index (κ1) is 26.8. The molecule has 0 saturated heterocycles. The van der Waals surface area contributed by atoms with Crippen LogP contribution in [0.25, 0.3) is 5.69 Å². The molecule has 206 valence electrons. The van der Waals surface area contributed by atoms with Gasteiger partial charge in [0.15, 0.2) is 22.9 Å². The third-order valence-electron chi connectivity index (χ3n) is 5.85. The molecule has 0 spiro atoms. The second-order valence-electron chi connectivity index (χ2n) is 8.46. The standard InChI is InChI=1S/C28H24N8O5/c1-4-40-24-16-36(18-13-31-26(12-29)32-14-18)35-27(24)28(37)34-25-6-5-20(15-33-25)41-19-7-8-30-21-11-23(39-3)22(38-2)10-17(21)9-19/h5-8,10-11,13-16H,4,9H2,1-3H3,(H,33,34,37). The van der Waals surface area contributed by atoms with Gasteiger partial charge in [-0.05, 0) is 36.8 Å². The minimum Gasteiger partial charge on any atom is -0.493 e. The van der Waals surface area contributed by atoms with E-state index in [2.05, 4.69) is 30.4 Å². The van der Waals surface area contributed by atoms with Crippen molar-refractivity contribution >= 4 is 23.6 Å². The molecule has 13 heteroatoms. The number of ether oxygens (including phenoxy) is 4. The predicted molar refractivity (Wildman–Crippen MR) is 147 cm³/mol. The summed E-state index contributed by atoms with van der Waals surface area (Å²) in [6, 6.07) is 8.85. The average Bonchev–Trinajstić information content (AvgIpc) is 3.32. The van der Waals surface area contributed by atoms with Crippen LogP contribution in [0.2, 0.25) is 0 Å². The molecule has 0 unspecified atom stereocenters. The van der Waals surface area contributed by atoms with Crippen LogP contribution >= 0.6 is 0 Å². The third-order valence-corrected chi connectivity index (χ3v) is 5.85. The van der Waals surface area contributed by atoms with Crippen LogP contribution in [0.1, 0.15) is 28.8 Å². The highest BCUT2D eigenvalue weighted by molar-refractivity contribution is 6.04. The zero-order valence-electron chi connectivity index (χ0n) is 22.4. The van der Waals surface area contributed by atoms with Gasteiger partial charge >= 0.3 is 0 Å². The highest BCUT2D eigenvalue weighted by atomic mass is 16.5. The number of rotatable bonds is 9. The van der Waals surface area contributed by atoms with Crippen LogP contribution in [0.15, 0.2) is 65.9 Å². The van der Waals surface area contributed by atoms with Crippen molar-refractivity contribution in [3.63, 3.8) is 0 Å². The summed E-state index contributed by atoms with van der Waals surface area (Å²) in [5, 5.41) is 16.0. The van der Waals surface area contributed by atoms with Crippen molar-refractivity contribution in [3.05, 3.63) is 78.0 Å². The lowest BCUT2D eigenvalue weighted by Gasteiger charge is -2.13. The van der Waals surface area contributed by atoms with E-state index in [1.807, 2.05) is 18.2 Å². The summed E-state index contributed by atoms with van der Waals surface area (Å²) in [5.74, 6) is 2.39. The zero-order chi connectivity index (χ0) is 28.8. The van der Waals surface area contributed by atoms with Crippen molar-refractivity contribution in [2.75, 3.05) is 26.1 Å². The van der Waals surface area contributed by atoms with Crippen molar-refractivity contribution in [1.82, 2.24) is 24.7 Å². The van der Waals surface area contributed by atoms with Crippen LogP contribution in [-0.2, 0) is 6.42 Å². The molecule has 0 radical (unpaired) electrons. The fourth-order valence-corrected chi connectivity index (χ4v) is 3.94. The van der Waals surface area contributed by atoms with Gasteiger partial charge in [-0.25, -0.2) is 19.6 Å². The van der Waals surface area contributed by atoms with Gasteiger partial charge in [0, 0.05) is 18.7 Å². The van der Waals surface area contributed by atoms with E-state index in [0.717, 1.165) is 11.3 Å². The van der Waals surface area contributed by atoms with Gasteiger partial charge in [0.05, 0.1) is 51.3 Å². The Labute approximate surface area is 234 Å². The SMILES string of the molecule is CCOc1cn(-c2cnc(C#N)nc2)nc1C(=O)Nc1ccc(OC2=CC=Nc3cc(OC)c(OC)cc3C2)cn1. The summed E-state index contributed by atoms with van der Waals surface area (Å²) in [7, 11) is 3.16. The number of hydrogen-bond acceptors (Lipinski definition) is 11. The fraction of sp³-hybridized carbons (Fsp3) is 0.179. The quantitative estimate of drug-likeness (QED) is 0.323. The van der Waals surface area contributed by atoms with Crippen LogP contribution in [-0.4, -0.2) is 57.7 Å². The fourth-order valence-electron chi connectivity index (χ4n) is 3.94. The average molecular weight is 553 g/mol. The van der Waals surface area contributed by atoms with Crippen LogP contribution in [0.4, 0.5) is 11.5 Å². The Kier molecular flexibility index (Phi) is 7.82. The minimum absolute atomic E-state index is 0.0246. The van der Waals surface area contributed by atoms with E-state index in [9.17, 15) is 4.79 Å². The van der Waals surface area contributed by atoms with Gasteiger partial charge in [-0.15, -0.1) is 0 Å². The summed E-state index contributed by atoms with van der Waals surface area (Å²) in [5.41, 5.74) is 2.18. The van der Waals surface area contributed by atoms with Gasteiger partial charge in [-0.2, -0.15) is 10.4 Å². The number of nitrogens with zero attached hydrogens (tertiary/aromatic N) is 7. The number of carbonyl (C=O) groups is 1. The van der Waals surface area contributed by atoms with Gasteiger partial charge in [-0.3, -0.25) is 9.79 Å². The molecule has 13 nitrogen and oxygen atoms in total. The minimum atomic E-state index is -0.522. The van der Waals surface area contributed by atoms with Crippen molar-refractivity contribution in [2.24, 2.45) is 4.99 Å². The Morgan fingerprint density at radius 1 is 1.07 bits per heavy atom. The highest BCUT2D eigenvalue weighted by Gasteiger charge is 2.20. The van der Waals surface area contributed by atoms with Gasteiger partial charge in [-0.1, -0.05) is 0 Å². The van der Waals surface area contributed by atoms with Gasteiger partial charge in [0.2, 0.25) is 5.82 Å². The van der Waals surface area contributed by atoms with E-state index in [-0.39, 0.29) is 17.3 Å². The zero-order valence-corrected chi connectivity index (χ0v) is 22.4. The third kappa shape index (κ3) is 5.96. The van der Waals surface area contributed by atoms with Crippen molar-refractivity contribution in [3.8, 4) is 34.8 Å². The number of nitriles is 1. The Bertz CT molecular complexity index is 1670. The van der Waals surface area contributed by atoms with Gasteiger partial charge in [0.25, 0.3) is 5.91 Å². The van der Waals surface area contributed by atoms with Crippen molar-refractivity contribution < 1.29 is 23.7 Å². The molecular weight excluding hydrogens is 528 g/mol. The van der Waals surface area contributed by atoms with Crippen molar-refractivity contribution in [1.29, 1.82) is 5.26 Å². The normalized spacial score (nSPS) is 11.9. The van der Waals surface area contributed by atoms with Gasteiger partial charge in [0.1, 0.15) is 29.1 Å². The van der Waals surface area contributed by atoms with Crippen molar-refractivity contribution in [2.45, 2.75) is 13.3 Å². The molecule has 1 N–H and O–H groups in total. The molecule has 1 aromatic carbocycles. The number of aromatic nitrogens is 5. The first-order valence-electron chi connectivity index (χ1n) is 12.4. The van der Waals surface area contributed by atoms with Crippen LogP contribution in [0, 0.1) is 11.3 Å². The second kappa shape index (κ2) is 12.0. The van der Waals surface area contributed by atoms with E-state index in [1.165, 1.54) is 23.3 Å². The number of aliphatic imine (C=N–C) groups is 1. The number of anilines is 1. The Balaban J connectivity index is 1.27. The van der Waals surface area contributed by atoms with Gasteiger partial charge < -0.3 is 24.3 Å². The molecular formula is C28H24N8O5. The molecule has 0 fully saturated rings. The number of allylic oxidation sites excluding steroid dienone is 2.